The van der Waals surface area contributed by atoms with E-state index in [0.29, 0.717) is 12.2 Å². The maximum Gasteiger partial charge on any atom is 0.271 e. The summed E-state index contributed by atoms with van der Waals surface area (Å²) in [6, 6.07) is 8.13. The van der Waals surface area contributed by atoms with E-state index in [1.165, 1.54) is 10.2 Å². The number of nitrogens with zero attached hydrogens (tertiary/aromatic N) is 2. The summed E-state index contributed by atoms with van der Waals surface area (Å²) in [7, 11) is 1.62. The fourth-order valence-corrected chi connectivity index (χ4v) is 3.18. The van der Waals surface area contributed by atoms with Crippen molar-refractivity contribution in [2.24, 2.45) is 7.05 Å². The molecule has 1 atom stereocenters. The van der Waals surface area contributed by atoms with E-state index in [1.807, 2.05) is 12.1 Å². The Balaban J connectivity index is 2.09. The van der Waals surface area contributed by atoms with Gasteiger partial charge in [0.15, 0.2) is 0 Å². The predicted octanol–water partition coefficient (Wildman–Crippen LogP) is 4.98. The summed E-state index contributed by atoms with van der Waals surface area (Å²) in [4.78, 5) is 12.5. The lowest BCUT2D eigenvalue weighted by molar-refractivity contribution is 0.0941. The van der Waals surface area contributed by atoms with Crippen molar-refractivity contribution >= 4 is 29.7 Å². The Bertz CT molecular complexity index is 753. The second-order valence-electron chi connectivity index (χ2n) is 7.03. The molecule has 1 amide bonds. The van der Waals surface area contributed by atoms with Crippen molar-refractivity contribution < 1.29 is 8.68 Å². The Morgan fingerprint density at radius 3 is 2.48 bits per heavy atom. The lowest BCUT2D eigenvalue weighted by atomic mass is 9.87. The molecule has 2 rings (SSSR count). The molecule has 0 aliphatic carbocycles. The molecule has 0 aliphatic rings. The molecule has 0 radical (unpaired) electrons. The van der Waals surface area contributed by atoms with Crippen molar-refractivity contribution in [3.63, 3.8) is 0 Å². The SMILES string of the molecule is CC(SF)c1nn(C)c(C(=O)NCc2ccc(C(C)(C)C)cc2)c1Cl. The van der Waals surface area contributed by atoms with Crippen LogP contribution in [-0.2, 0) is 19.0 Å². The van der Waals surface area contributed by atoms with Crippen LogP contribution >= 0.6 is 23.7 Å². The first-order chi connectivity index (χ1) is 11.6. The molecular weight excluding hydrogens is 361 g/mol. The third-order valence-corrected chi connectivity index (χ3v) is 4.88. The molecule has 0 aliphatic heterocycles. The van der Waals surface area contributed by atoms with Gasteiger partial charge in [0.05, 0.1) is 28.1 Å². The molecule has 1 aromatic carbocycles. The van der Waals surface area contributed by atoms with Crippen LogP contribution in [0.1, 0.15) is 60.3 Å². The highest BCUT2D eigenvalue weighted by Gasteiger charge is 2.24. The molecule has 4 nitrogen and oxygen atoms in total. The molecular formula is C18H23ClFN3OS. The molecule has 0 fully saturated rings. The molecule has 0 saturated carbocycles. The second kappa shape index (κ2) is 7.79. The Morgan fingerprint density at radius 2 is 1.96 bits per heavy atom. The monoisotopic (exact) mass is 383 g/mol. The quantitative estimate of drug-likeness (QED) is 0.792. The second-order valence-corrected chi connectivity index (χ2v) is 8.30. The molecule has 1 heterocycles. The summed E-state index contributed by atoms with van der Waals surface area (Å²) in [5.74, 6) is -0.331. The molecule has 1 aromatic heterocycles. The fraction of sp³-hybridized carbons (Fsp3) is 0.444. The molecule has 0 spiro atoms. The maximum atomic E-state index is 12.8. The average Bonchev–Trinajstić information content (AvgIpc) is 2.86. The summed E-state index contributed by atoms with van der Waals surface area (Å²) >= 11 is 6.37. The average molecular weight is 384 g/mol. The minimum atomic E-state index is -0.523. The van der Waals surface area contributed by atoms with E-state index in [4.69, 9.17) is 11.6 Å². The van der Waals surface area contributed by atoms with E-state index in [9.17, 15) is 8.68 Å². The molecule has 25 heavy (non-hydrogen) atoms. The molecule has 1 N–H and O–H groups in total. The topological polar surface area (TPSA) is 46.9 Å². The zero-order valence-electron chi connectivity index (χ0n) is 15.1. The van der Waals surface area contributed by atoms with E-state index in [-0.39, 0.29) is 34.2 Å². The third-order valence-electron chi connectivity index (χ3n) is 4.02. The van der Waals surface area contributed by atoms with Gasteiger partial charge < -0.3 is 5.32 Å². The van der Waals surface area contributed by atoms with Crippen molar-refractivity contribution in [1.29, 1.82) is 0 Å². The number of aromatic nitrogens is 2. The zero-order valence-corrected chi connectivity index (χ0v) is 16.6. The summed E-state index contributed by atoms with van der Waals surface area (Å²) in [5, 5.41) is 6.67. The van der Waals surface area contributed by atoms with Crippen molar-refractivity contribution in [2.75, 3.05) is 0 Å². The van der Waals surface area contributed by atoms with E-state index >= 15 is 0 Å². The van der Waals surface area contributed by atoms with Gasteiger partial charge >= 0.3 is 0 Å². The van der Waals surface area contributed by atoms with Crippen LogP contribution in [0.3, 0.4) is 0 Å². The number of hydrogen-bond acceptors (Lipinski definition) is 3. The summed E-state index contributed by atoms with van der Waals surface area (Å²) in [5.41, 5.74) is 2.93. The lowest BCUT2D eigenvalue weighted by Crippen LogP contribution is -2.25. The number of carbonyl (C=O) groups is 1. The van der Waals surface area contributed by atoms with Crippen LogP contribution in [0.25, 0.3) is 0 Å². The van der Waals surface area contributed by atoms with Gasteiger partial charge in [-0.05, 0) is 23.5 Å². The van der Waals surface area contributed by atoms with Gasteiger partial charge in [-0.25, -0.2) is 0 Å². The van der Waals surface area contributed by atoms with Crippen molar-refractivity contribution in [1.82, 2.24) is 15.1 Å². The molecule has 136 valence electrons. The number of benzene rings is 1. The van der Waals surface area contributed by atoms with Crippen LogP contribution in [0.5, 0.6) is 0 Å². The smallest absolute Gasteiger partial charge is 0.271 e. The number of carbonyl (C=O) groups excluding carboxylic acids is 1. The number of aryl methyl sites for hydroxylation is 1. The van der Waals surface area contributed by atoms with E-state index in [2.05, 4.69) is 43.3 Å². The highest BCUT2D eigenvalue weighted by Crippen LogP contribution is 2.34. The highest BCUT2D eigenvalue weighted by atomic mass is 35.5. The number of nitrogens with one attached hydrogen (secondary N) is 1. The first-order valence-electron chi connectivity index (χ1n) is 8.02. The van der Waals surface area contributed by atoms with Crippen molar-refractivity contribution in [3.05, 3.63) is 51.8 Å². The van der Waals surface area contributed by atoms with E-state index < -0.39 is 5.25 Å². The minimum Gasteiger partial charge on any atom is -0.347 e. The summed E-state index contributed by atoms with van der Waals surface area (Å²) in [6.45, 7) is 8.50. The summed E-state index contributed by atoms with van der Waals surface area (Å²) < 4.78 is 14.2. The van der Waals surface area contributed by atoms with Gasteiger partial charge in [0.1, 0.15) is 5.69 Å². The van der Waals surface area contributed by atoms with E-state index in [1.54, 1.807) is 14.0 Å². The van der Waals surface area contributed by atoms with Crippen LogP contribution in [0.15, 0.2) is 24.3 Å². The number of rotatable bonds is 5. The first-order valence-corrected chi connectivity index (χ1v) is 9.18. The largest absolute Gasteiger partial charge is 0.347 e. The predicted molar refractivity (Wildman–Crippen MR) is 102 cm³/mol. The van der Waals surface area contributed by atoms with Crippen LogP contribution < -0.4 is 5.32 Å². The molecule has 0 saturated heterocycles. The van der Waals surface area contributed by atoms with Gasteiger partial charge in [0, 0.05) is 13.6 Å². The van der Waals surface area contributed by atoms with Crippen LogP contribution in [0.2, 0.25) is 5.02 Å². The number of halogens is 2. The molecule has 2 aromatic rings. The first kappa shape index (κ1) is 19.8. The van der Waals surface area contributed by atoms with Crippen molar-refractivity contribution in [3.8, 4) is 0 Å². The van der Waals surface area contributed by atoms with Crippen molar-refractivity contribution in [2.45, 2.75) is 44.9 Å². The Kier molecular flexibility index (Phi) is 6.16. The van der Waals surface area contributed by atoms with Gasteiger partial charge in [0.2, 0.25) is 0 Å². The molecule has 1 unspecified atom stereocenters. The van der Waals surface area contributed by atoms with Gasteiger partial charge in [-0.3, -0.25) is 9.48 Å². The number of hydrogen-bond donors (Lipinski definition) is 1. The van der Waals surface area contributed by atoms with Gasteiger partial charge in [-0.1, -0.05) is 56.6 Å². The van der Waals surface area contributed by atoms with Crippen LogP contribution in [0.4, 0.5) is 3.89 Å². The number of amides is 1. The summed E-state index contributed by atoms with van der Waals surface area (Å²) in [6.07, 6.45) is 0. The fourth-order valence-electron chi connectivity index (χ4n) is 2.46. The highest BCUT2D eigenvalue weighted by molar-refractivity contribution is 7.94. The standard InChI is InChI=1S/C18H23ClFN3OS/c1-11(25-20)15-14(19)16(23(5)22-15)17(24)21-10-12-6-8-13(9-7-12)18(2,3)4/h6-9,11H,10H2,1-5H3,(H,21,24). The minimum absolute atomic E-state index is 0.0888. The van der Waals surface area contributed by atoms with Gasteiger partial charge in [0.25, 0.3) is 5.91 Å². The molecule has 7 heteroatoms. The van der Waals surface area contributed by atoms with Gasteiger partial charge in [-0.15, -0.1) is 0 Å². The maximum absolute atomic E-state index is 12.8. The third kappa shape index (κ3) is 4.55. The van der Waals surface area contributed by atoms with Gasteiger partial charge in [-0.2, -0.15) is 8.98 Å². The van der Waals surface area contributed by atoms with E-state index in [0.717, 1.165) is 5.56 Å². The molecule has 0 bridgehead atoms. The van der Waals surface area contributed by atoms with Crippen LogP contribution in [0, 0.1) is 0 Å². The van der Waals surface area contributed by atoms with Crippen LogP contribution in [-0.4, -0.2) is 15.7 Å². The Labute approximate surface area is 157 Å². The normalized spacial score (nSPS) is 12.9. The lowest BCUT2D eigenvalue weighted by Gasteiger charge is -2.19. The Morgan fingerprint density at radius 1 is 1.36 bits per heavy atom. The zero-order chi connectivity index (χ0) is 18.8. The Hall–Kier alpha value is -1.53.